The van der Waals surface area contributed by atoms with Gasteiger partial charge in [0.05, 0.1) is 47.2 Å². The molecule has 1 saturated heterocycles. The summed E-state index contributed by atoms with van der Waals surface area (Å²) in [5, 5.41) is 18.5. The van der Waals surface area contributed by atoms with E-state index in [1.165, 1.54) is 16.3 Å². The number of pyridine rings is 2. The molecule has 4 aliphatic rings. The molecule has 6 heterocycles. The number of unbranched alkanes of at least 4 members (excludes halogenated alkanes) is 2. The number of esters is 2. The molecule has 4 aromatic heterocycles. The number of hydrogen-bond acceptors (Lipinski definition) is 16. The third kappa shape index (κ3) is 25.1. The molecule has 3 atom stereocenters. The van der Waals surface area contributed by atoms with Gasteiger partial charge >= 0.3 is 75.1 Å². The standard InChI is InChI=1S/C38H56N4O5Si.C26H38N2O3.C11H17N3O3Si.K/c1-10-11-18-46-35(44)38(6)23-29(22-37(4,5)47-38)31-13-12-28(33(41-31)27-14-16-36(2,3)17-15-27)21-32(43)34-40-30(24-39)25-42(34)26-45-19-20-48(7,8)9;1-7-8-15-30-23(29)26(6)17-19(16-25(4,5)31-26)21-10-9-20(27)22(28-21)18-11-13-24(2,3)14-12-18;1-12-9-7-14(10(13-9)11(15)16)8-17-5-6-18(2,3)4;/h12-14,25,29H,10-11,15-23,26H2,1-9H3;9-11,16H,7-8,12-15,17,27H2,1-6H3;7H,5-6,8H2,2-4H3,(H,15,16);/q;;;+1. The largest absolute Gasteiger partial charge is 1.00 e. The number of ketones is 1. The molecule has 2 aliphatic heterocycles. The van der Waals surface area contributed by atoms with Gasteiger partial charge in [0.1, 0.15) is 19.5 Å². The Bertz CT molecular complexity index is 3620. The van der Waals surface area contributed by atoms with Crippen LogP contribution in [0.25, 0.3) is 21.6 Å². The number of allylic oxidation sites excluding steroid dienone is 4. The Morgan fingerprint density at radius 2 is 1.26 bits per heavy atom. The van der Waals surface area contributed by atoms with Crippen molar-refractivity contribution >= 4 is 68.1 Å². The zero-order chi connectivity index (χ0) is 72.0. The smallest absolute Gasteiger partial charge is 0.474 e. The van der Waals surface area contributed by atoms with E-state index in [9.17, 15) is 24.4 Å². The van der Waals surface area contributed by atoms with E-state index in [0.29, 0.717) is 56.8 Å². The Hall–Kier alpha value is -5.29. The summed E-state index contributed by atoms with van der Waals surface area (Å²) in [5.41, 5.74) is 12.0. The summed E-state index contributed by atoms with van der Waals surface area (Å²) in [6, 6.07) is 12.0. The maximum absolute atomic E-state index is 13.9. The molecule has 3 unspecified atom stereocenters. The average molecular weight is 1410 g/mol. The summed E-state index contributed by atoms with van der Waals surface area (Å²) in [5.74, 6) is -1.89. The summed E-state index contributed by atoms with van der Waals surface area (Å²) >= 11 is 0. The molecule has 0 aromatic carbocycles. The van der Waals surface area contributed by atoms with Gasteiger partial charge in [0.2, 0.25) is 5.78 Å². The SMILES string of the molecule is CCCCOC(=O)C1(C)CC(c2ccc(CC(=O)c3nc(C#N)cn3COCC[Si](C)(C)C)c(C3=CCC(C)(C)CC3)n2)CC(C)(C)O1.CCCCOC(=O)C1(C)CC(c2ccc(N)c(C3=CCC(C)(C)CC3)n2)=CC(C)(C)O1.[C-]#[N+]c1cn(COCC[Si](C)(C)C)c(C(=O)O)n1.[K+]. The predicted octanol–water partition coefficient (Wildman–Crippen LogP) is 13.6. The molecule has 1 fully saturated rings. The number of hydrogen-bond donors (Lipinski definition) is 2. The summed E-state index contributed by atoms with van der Waals surface area (Å²) in [6.07, 6.45) is 20.8. The van der Waals surface area contributed by atoms with E-state index in [-0.39, 0.29) is 123 Å². The average Bonchev–Trinajstić information content (AvgIpc) is 0.965. The van der Waals surface area contributed by atoms with Gasteiger partial charge in [0.15, 0.2) is 22.7 Å². The minimum absolute atomic E-state index is 0. The molecule has 98 heavy (non-hydrogen) atoms. The van der Waals surface area contributed by atoms with Crippen LogP contribution in [0.2, 0.25) is 51.4 Å². The molecule has 3 N–H and O–H groups in total. The fourth-order valence-electron chi connectivity index (χ4n) is 12.3. The number of rotatable bonds is 26. The molecular weight excluding hydrogens is 1300 g/mol. The van der Waals surface area contributed by atoms with Crippen LogP contribution in [0.3, 0.4) is 0 Å². The van der Waals surface area contributed by atoms with Gasteiger partial charge in [0.25, 0.3) is 5.82 Å². The minimum Gasteiger partial charge on any atom is -0.474 e. The molecule has 23 heteroatoms. The Morgan fingerprint density at radius 1 is 0.704 bits per heavy atom. The van der Waals surface area contributed by atoms with E-state index < -0.39 is 44.5 Å². The fraction of sp³-hybridized carbons (Fsp3) is 0.627. The van der Waals surface area contributed by atoms with E-state index in [1.54, 1.807) is 10.8 Å². The van der Waals surface area contributed by atoms with Crippen LogP contribution in [0.5, 0.6) is 0 Å². The van der Waals surface area contributed by atoms with Gasteiger partial charge < -0.3 is 48.7 Å². The van der Waals surface area contributed by atoms with Crippen molar-refractivity contribution in [1.29, 1.82) is 5.26 Å². The zero-order valence-electron chi connectivity index (χ0n) is 62.5. The third-order valence-electron chi connectivity index (χ3n) is 18.0. The number of aromatic nitrogens is 6. The van der Waals surface area contributed by atoms with E-state index >= 15 is 0 Å². The number of ether oxygens (including phenoxy) is 6. The molecule has 8 rings (SSSR count). The third-order valence-corrected chi connectivity index (χ3v) is 21.4. The number of carbonyl (C=O) groups is 4. The Labute approximate surface area is 628 Å². The second kappa shape index (κ2) is 35.5. The number of imidazole rings is 2. The van der Waals surface area contributed by atoms with E-state index in [0.717, 1.165) is 116 Å². The number of nitrogens with two attached hydrogens (primary N) is 1. The van der Waals surface area contributed by atoms with Gasteiger partial charge in [-0.05, 0) is 175 Å². The molecule has 0 radical (unpaired) electrons. The van der Waals surface area contributed by atoms with Crippen molar-refractivity contribution in [2.24, 2.45) is 10.8 Å². The van der Waals surface area contributed by atoms with Crippen LogP contribution in [-0.2, 0) is 57.9 Å². The van der Waals surface area contributed by atoms with Crippen molar-refractivity contribution in [3.63, 3.8) is 0 Å². The Morgan fingerprint density at radius 3 is 1.77 bits per heavy atom. The molecule has 4 aromatic rings. The number of carboxylic acids is 1. The van der Waals surface area contributed by atoms with E-state index in [4.69, 9.17) is 55.8 Å². The van der Waals surface area contributed by atoms with Gasteiger partial charge in [-0.1, -0.05) is 123 Å². The van der Waals surface area contributed by atoms with Crippen molar-refractivity contribution in [2.75, 3.05) is 32.2 Å². The number of nitriles is 1. The van der Waals surface area contributed by atoms with Crippen LogP contribution in [0.15, 0.2) is 54.9 Å². The topological polar surface area (TPSA) is 259 Å². The van der Waals surface area contributed by atoms with Crippen molar-refractivity contribution in [1.82, 2.24) is 29.1 Å². The quantitative estimate of drug-likeness (QED) is 0.0195. The van der Waals surface area contributed by atoms with Crippen LogP contribution < -0.4 is 57.1 Å². The number of carbonyl (C=O) groups excluding carboxylic acids is 3. The van der Waals surface area contributed by atoms with Crippen LogP contribution in [-0.4, -0.2) is 123 Å². The summed E-state index contributed by atoms with van der Waals surface area (Å²) in [6.45, 7) is 47.6. The van der Waals surface area contributed by atoms with E-state index in [2.05, 4.69) is 120 Å². The van der Waals surface area contributed by atoms with Crippen molar-refractivity contribution < 1.29 is 104 Å². The molecular formula is C75H111KN9O11Si2+. The number of carboxylic acid groups (broad SMARTS) is 1. The predicted molar refractivity (Wildman–Crippen MR) is 386 cm³/mol. The van der Waals surface area contributed by atoms with Crippen LogP contribution in [0.1, 0.15) is 228 Å². The zero-order valence-corrected chi connectivity index (χ0v) is 67.6. The first-order valence-corrected chi connectivity index (χ1v) is 42.1. The number of Topliss-reactive ketones (excluding diaryl/α,β-unsaturated/α-hetero) is 1. The first kappa shape index (κ1) is 83.4. The Balaban J connectivity index is 0.000000295. The summed E-state index contributed by atoms with van der Waals surface area (Å²) in [7, 11) is -2.42. The fourth-order valence-corrected chi connectivity index (χ4v) is 13.8. The number of nitrogens with zero attached hydrogens (tertiary/aromatic N) is 8. The summed E-state index contributed by atoms with van der Waals surface area (Å²) < 4.78 is 38.1. The van der Waals surface area contributed by atoms with Crippen LogP contribution >= 0.6 is 0 Å². The number of nitrogen functional groups attached to an aromatic ring is 1. The van der Waals surface area contributed by atoms with Gasteiger partial charge in [-0.15, -0.1) is 0 Å². The molecule has 0 spiro atoms. The first-order valence-electron chi connectivity index (χ1n) is 34.7. The van der Waals surface area contributed by atoms with E-state index in [1.807, 2.05) is 65.8 Å². The van der Waals surface area contributed by atoms with Crippen molar-refractivity contribution in [2.45, 2.75) is 266 Å². The van der Waals surface area contributed by atoms with Crippen LogP contribution in [0.4, 0.5) is 11.5 Å². The van der Waals surface area contributed by atoms with Gasteiger partial charge in [-0.2, -0.15) is 5.26 Å². The molecule has 0 amide bonds. The van der Waals surface area contributed by atoms with Crippen molar-refractivity contribution in [3.05, 3.63) is 112 Å². The normalized spacial score (nSPS) is 20.7. The van der Waals surface area contributed by atoms with Crippen molar-refractivity contribution in [3.8, 4) is 6.07 Å². The monoisotopic (exact) mass is 1410 g/mol. The first-order chi connectivity index (χ1) is 45.2. The minimum atomic E-state index is -1.27. The maximum atomic E-state index is 13.9. The summed E-state index contributed by atoms with van der Waals surface area (Å²) in [4.78, 5) is 72.3. The molecule has 530 valence electrons. The molecule has 0 bridgehead atoms. The van der Waals surface area contributed by atoms with Crippen LogP contribution in [0, 0.1) is 28.7 Å². The molecule has 2 aliphatic carbocycles. The number of anilines is 1. The second-order valence-electron chi connectivity index (χ2n) is 32.2. The van der Waals surface area contributed by atoms with Gasteiger partial charge in [-0.25, -0.2) is 24.4 Å². The molecule has 20 nitrogen and oxygen atoms in total. The van der Waals surface area contributed by atoms with Gasteiger partial charge in [0, 0.05) is 66.2 Å². The molecule has 0 saturated carbocycles. The Kier molecular flexibility index (Phi) is 30.2. The number of aromatic carboxylic acids is 1. The maximum Gasteiger partial charge on any atom is 1.00 e. The van der Waals surface area contributed by atoms with Gasteiger partial charge in [-0.3, -0.25) is 14.3 Å². The second-order valence-corrected chi connectivity index (χ2v) is 43.4.